The van der Waals surface area contributed by atoms with Gasteiger partial charge in [0, 0.05) is 17.8 Å². The Balaban J connectivity index is 2.10. The Kier molecular flexibility index (Phi) is 4.33. The third-order valence-corrected chi connectivity index (χ3v) is 3.89. The lowest BCUT2D eigenvalue weighted by Crippen LogP contribution is -1.94. The van der Waals surface area contributed by atoms with Crippen LogP contribution in [0.4, 0.5) is 0 Å². The zero-order valence-electron chi connectivity index (χ0n) is 10.8. The fourth-order valence-electron chi connectivity index (χ4n) is 1.80. The number of benzene rings is 1. The van der Waals surface area contributed by atoms with Crippen molar-refractivity contribution < 1.29 is 4.74 Å². The molecule has 2 aromatic rings. The van der Waals surface area contributed by atoms with Crippen molar-refractivity contribution in [3.05, 3.63) is 45.4 Å². The van der Waals surface area contributed by atoms with Gasteiger partial charge in [-0.2, -0.15) is 0 Å². The maximum absolute atomic E-state index is 5.61. The van der Waals surface area contributed by atoms with Gasteiger partial charge in [0.15, 0.2) is 0 Å². The van der Waals surface area contributed by atoms with Crippen molar-refractivity contribution in [1.82, 2.24) is 4.98 Å². The lowest BCUT2D eigenvalue weighted by atomic mass is 10.1. The van der Waals surface area contributed by atoms with E-state index < -0.39 is 0 Å². The van der Waals surface area contributed by atoms with Crippen molar-refractivity contribution in [2.75, 3.05) is 6.61 Å². The summed E-state index contributed by atoms with van der Waals surface area (Å²) in [5, 5.41) is 1.01. The minimum absolute atomic E-state index is 0.523. The summed E-state index contributed by atoms with van der Waals surface area (Å²) >= 11 is 1.70. The monoisotopic (exact) mass is 262 g/mol. The normalized spacial score (nSPS) is 10.6. The van der Waals surface area contributed by atoms with Crippen molar-refractivity contribution in [2.24, 2.45) is 5.73 Å². The van der Waals surface area contributed by atoms with Gasteiger partial charge >= 0.3 is 0 Å². The van der Waals surface area contributed by atoms with Gasteiger partial charge in [-0.25, -0.2) is 4.98 Å². The number of aromatic nitrogens is 1. The van der Waals surface area contributed by atoms with Crippen LogP contribution >= 0.6 is 11.3 Å². The van der Waals surface area contributed by atoms with E-state index in [0.717, 1.165) is 22.9 Å². The first-order valence-corrected chi connectivity index (χ1v) is 6.91. The third kappa shape index (κ3) is 3.09. The molecule has 2 rings (SSSR count). The summed E-state index contributed by atoms with van der Waals surface area (Å²) in [7, 11) is 0. The van der Waals surface area contributed by atoms with Crippen LogP contribution in [0.15, 0.2) is 24.3 Å². The van der Waals surface area contributed by atoms with Crippen LogP contribution in [0.25, 0.3) is 0 Å². The van der Waals surface area contributed by atoms with Crippen LogP contribution in [0.5, 0.6) is 5.75 Å². The average molecular weight is 262 g/mol. The minimum Gasteiger partial charge on any atom is -0.494 e. The number of ether oxygens (including phenoxy) is 1. The molecule has 0 aliphatic rings. The van der Waals surface area contributed by atoms with Crippen LogP contribution < -0.4 is 10.5 Å². The van der Waals surface area contributed by atoms with Crippen molar-refractivity contribution in [2.45, 2.75) is 26.8 Å². The van der Waals surface area contributed by atoms with E-state index in [1.165, 1.54) is 10.4 Å². The van der Waals surface area contributed by atoms with Gasteiger partial charge in [-0.15, -0.1) is 11.3 Å². The fourth-order valence-corrected chi connectivity index (χ4v) is 2.78. The van der Waals surface area contributed by atoms with E-state index in [4.69, 9.17) is 10.5 Å². The van der Waals surface area contributed by atoms with Crippen molar-refractivity contribution in [1.29, 1.82) is 0 Å². The Morgan fingerprint density at radius 2 is 2.00 bits per heavy atom. The largest absolute Gasteiger partial charge is 0.494 e. The van der Waals surface area contributed by atoms with Crippen LogP contribution in [-0.2, 0) is 13.0 Å². The molecule has 0 aliphatic carbocycles. The van der Waals surface area contributed by atoms with Gasteiger partial charge in [0.2, 0.25) is 0 Å². The van der Waals surface area contributed by atoms with Crippen molar-refractivity contribution >= 4 is 11.3 Å². The van der Waals surface area contributed by atoms with Gasteiger partial charge < -0.3 is 10.5 Å². The Morgan fingerprint density at radius 3 is 2.56 bits per heavy atom. The van der Waals surface area contributed by atoms with Gasteiger partial charge in [-0.3, -0.25) is 0 Å². The molecule has 1 aromatic heterocycles. The average Bonchev–Trinajstić information content (AvgIpc) is 2.73. The zero-order valence-corrected chi connectivity index (χ0v) is 11.6. The molecule has 0 spiro atoms. The van der Waals surface area contributed by atoms with Crippen molar-refractivity contribution in [3.63, 3.8) is 0 Å². The SMILES string of the molecule is CCOc1ccc(Cc2sc(CN)nc2C)cc1. The molecule has 0 fully saturated rings. The molecule has 0 unspecified atom stereocenters. The third-order valence-electron chi connectivity index (χ3n) is 2.71. The molecule has 1 aromatic carbocycles. The summed E-state index contributed by atoms with van der Waals surface area (Å²) in [6, 6.07) is 8.23. The summed E-state index contributed by atoms with van der Waals surface area (Å²) < 4.78 is 5.43. The Morgan fingerprint density at radius 1 is 1.28 bits per heavy atom. The molecule has 3 nitrogen and oxygen atoms in total. The summed E-state index contributed by atoms with van der Waals surface area (Å²) in [5.74, 6) is 0.921. The van der Waals surface area contributed by atoms with E-state index in [9.17, 15) is 0 Å². The standard InChI is InChI=1S/C14H18N2OS/c1-3-17-12-6-4-11(5-7-12)8-13-10(2)16-14(9-15)18-13/h4-7H,3,8-9,15H2,1-2H3. The topological polar surface area (TPSA) is 48.1 Å². The molecule has 0 bridgehead atoms. The molecule has 0 aliphatic heterocycles. The van der Waals surface area contributed by atoms with Crippen LogP contribution in [-0.4, -0.2) is 11.6 Å². The lowest BCUT2D eigenvalue weighted by molar-refractivity contribution is 0.340. The summed E-state index contributed by atoms with van der Waals surface area (Å²) in [6.07, 6.45) is 0.913. The molecule has 0 radical (unpaired) electrons. The van der Waals surface area contributed by atoms with Crippen molar-refractivity contribution in [3.8, 4) is 5.75 Å². The number of hydrogen-bond acceptors (Lipinski definition) is 4. The van der Waals surface area contributed by atoms with Crippen LogP contribution in [0.1, 0.15) is 28.1 Å². The number of hydrogen-bond donors (Lipinski definition) is 1. The van der Waals surface area contributed by atoms with E-state index in [2.05, 4.69) is 17.1 Å². The van der Waals surface area contributed by atoms with Gasteiger partial charge in [-0.05, 0) is 31.5 Å². The van der Waals surface area contributed by atoms with E-state index in [0.29, 0.717) is 13.2 Å². The zero-order chi connectivity index (χ0) is 13.0. The highest BCUT2D eigenvalue weighted by Gasteiger charge is 2.07. The Hall–Kier alpha value is -1.39. The minimum atomic E-state index is 0.523. The number of thiazole rings is 1. The highest BCUT2D eigenvalue weighted by Crippen LogP contribution is 2.22. The maximum atomic E-state index is 5.61. The van der Waals surface area contributed by atoms with E-state index >= 15 is 0 Å². The van der Waals surface area contributed by atoms with Gasteiger partial charge in [0.1, 0.15) is 10.8 Å². The molecule has 18 heavy (non-hydrogen) atoms. The summed E-state index contributed by atoms with van der Waals surface area (Å²) in [5.41, 5.74) is 7.97. The molecular formula is C14H18N2OS. The first-order chi connectivity index (χ1) is 8.72. The highest BCUT2D eigenvalue weighted by molar-refractivity contribution is 7.11. The molecule has 1 heterocycles. The smallest absolute Gasteiger partial charge is 0.119 e. The van der Waals surface area contributed by atoms with E-state index in [1.807, 2.05) is 26.0 Å². The molecule has 0 saturated heterocycles. The molecule has 2 N–H and O–H groups in total. The second kappa shape index (κ2) is 5.98. The predicted molar refractivity (Wildman–Crippen MR) is 75.2 cm³/mol. The Bertz CT molecular complexity index is 505. The number of rotatable bonds is 5. The second-order valence-corrected chi connectivity index (χ2v) is 5.24. The second-order valence-electron chi connectivity index (χ2n) is 4.07. The van der Waals surface area contributed by atoms with Crippen LogP contribution in [0.2, 0.25) is 0 Å². The molecular weight excluding hydrogens is 244 g/mol. The van der Waals surface area contributed by atoms with Gasteiger partial charge in [0.05, 0.1) is 12.3 Å². The molecule has 0 amide bonds. The number of aryl methyl sites for hydroxylation is 1. The Labute approximate surface area is 112 Å². The predicted octanol–water partition coefficient (Wildman–Crippen LogP) is 2.90. The summed E-state index contributed by atoms with van der Waals surface area (Å²) in [4.78, 5) is 5.73. The molecule has 96 valence electrons. The van der Waals surface area contributed by atoms with Gasteiger partial charge in [-0.1, -0.05) is 12.1 Å². The molecule has 0 atom stereocenters. The molecule has 0 saturated carbocycles. The lowest BCUT2D eigenvalue weighted by Gasteiger charge is -2.04. The quantitative estimate of drug-likeness (QED) is 0.901. The fraction of sp³-hybridized carbons (Fsp3) is 0.357. The first-order valence-electron chi connectivity index (χ1n) is 6.10. The van der Waals surface area contributed by atoms with E-state index in [1.54, 1.807) is 11.3 Å². The summed E-state index contributed by atoms with van der Waals surface area (Å²) in [6.45, 7) is 5.25. The number of nitrogens with two attached hydrogens (primary N) is 1. The van der Waals surface area contributed by atoms with Crippen LogP contribution in [0, 0.1) is 6.92 Å². The first kappa shape index (κ1) is 13.1. The highest BCUT2D eigenvalue weighted by atomic mass is 32.1. The maximum Gasteiger partial charge on any atom is 0.119 e. The van der Waals surface area contributed by atoms with Gasteiger partial charge in [0.25, 0.3) is 0 Å². The molecule has 4 heteroatoms. The van der Waals surface area contributed by atoms with Crippen LogP contribution in [0.3, 0.4) is 0 Å². The number of nitrogens with zero attached hydrogens (tertiary/aromatic N) is 1. The van der Waals surface area contributed by atoms with E-state index in [-0.39, 0.29) is 0 Å².